The summed E-state index contributed by atoms with van der Waals surface area (Å²) in [5, 5.41) is 3.37. The number of aromatic nitrogens is 1. The summed E-state index contributed by atoms with van der Waals surface area (Å²) in [5.41, 5.74) is 6.78. The van der Waals surface area contributed by atoms with Gasteiger partial charge in [0.15, 0.2) is 0 Å². The van der Waals surface area contributed by atoms with E-state index in [9.17, 15) is 0 Å². The molecule has 3 nitrogen and oxygen atoms in total. The highest BCUT2D eigenvalue weighted by atomic mass is 32.1. The van der Waals surface area contributed by atoms with E-state index in [1.54, 1.807) is 11.3 Å². The van der Waals surface area contributed by atoms with E-state index in [1.165, 1.54) is 30.0 Å². The molecule has 2 heterocycles. The van der Waals surface area contributed by atoms with Crippen molar-refractivity contribution < 1.29 is 0 Å². The summed E-state index contributed by atoms with van der Waals surface area (Å²) in [7, 11) is 0. The first-order valence-electron chi connectivity index (χ1n) is 6.59. The lowest BCUT2D eigenvalue weighted by Gasteiger charge is -2.38. The third kappa shape index (κ3) is 3.27. The predicted octanol–water partition coefficient (Wildman–Crippen LogP) is 2.41. The molecule has 17 heavy (non-hydrogen) atoms. The quantitative estimate of drug-likeness (QED) is 0.896. The van der Waals surface area contributed by atoms with Crippen molar-refractivity contribution in [2.75, 3.05) is 6.54 Å². The van der Waals surface area contributed by atoms with Crippen LogP contribution in [0.3, 0.4) is 0 Å². The van der Waals surface area contributed by atoms with E-state index in [2.05, 4.69) is 29.1 Å². The van der Waals surface area contributed by atoms with Crippen molar-refractivity contribution >= 4 is 11.3 Å². The monoisotopic (exact) mass is 253 g/mol. The topological polar surface area (TPSA) is 42.1 Å². The fourth-order valence-electron chi connectivity index (χ4n) is 2.63. The number of nitrogens with zero attached hydrogens (tertiary/aromatic N) is 2. The second-order valence-corrected chi connectivity index (χ2v) is 6.02. The van der Waals surface area contributed by atoms with Gasteiger partial charge >= 0.3 is 0 Å². The Balaban J connectivity index is 1.98. The van der Waals surface area contributed by atoms with Crippen LogP contribution in [-0.4, -0.2) is 28.5 Å². The Bertz CT molecular complexity index is 340. The molecule has 1 aromatic heterocycles. The van der Waals surface area contributed by atoms with E-state index < -0.39 is 0 Å². The maximum absolute atomic E-state index is 5.55. The van der Waals surface area contributed by atoms with E-state index in [4.69, 9.17) is 5.73 Å². The normalized spacial score (nSPS) is 26.3. The first-order valence-corrected chi connectivity index (χ1v) is 7.47. The third-order valence-corrected chi connectivity index (χ3v) is 4.64. The van der Waals surface area contributed by atoms with Crippen molar-refractivity contribution in [3.63, 3.8) is 0 Å². The minimum absolute atomic E-state index is 0.693. The Morgan fingerprint density at radius 1 is 1.41 bits per heavy atom. The minimum Gasteiger partial charge on any atom is -0.330 e. The van der Waals surface area contributed by atoms with Gasteiger partial charge in [-0.1, -0.05) is 6.42 Å². The maximum Gasteiger partial charge on any atom is 0.0941 e. The Kier molecular flexibility index (Phi) is 4.54. The van der Waals surface area contributed by atoms with Gasteiger partial charge in [0.25, 0.3) is 0 Å². The number of hydrogen-bond acceptors (Lipinski definition) is 4. The van der Waals surface area contributed by atoms with Gasteiger partial charge < -0.3 is 5.73 Å². The van der Waals surface area contributed by atoms with Gasteiger partial charge in [-0.25, -0.2) is 4.98 Å². The zero-order valence-corrected chi connectivity index (χ0v) is 11.7. The summed E-state index contributed by atoms with van der Waals surface area (Å²) in [6.45, 7) is 6.37. The molecule has 0 aliphatic carbocycles. The molecule has 2 rings (SSSR count). The first-order chi connectivity index (χ1) is 8.20. The maximum atomic E-state index is 5.55. The summed E-state index contributed by atoms with van der Waals surface area (Å²) < 4.78 is 0. The third-order valence-electron chi connectivity index (χ3n) is 3.68. The first kappa shape index (κ1) is 13.0. The van der Waals surface area contributed by atoms with E-state index in [1.807, 2.05) is 0 Å². The molecule has 1 aliphatic heterocycles. The summed E-state index contributed by atoms with van der Waals surface area (Å²) in [6.07, 6.45) is 4.93. The van der Waals surface area contributed by atoms with Crippen LogP contribution in [0.5, 0.6) is 0 Å². The molecule has 4 heteroatoms. The zero-order chi connectivity index (χ0) is 12.3. The average molecular weight is 253 g/mol. The van der Waals surface area contributed by atoms with Crippen LogP contribution in [0.1, 0.15) is 43.8 Å². The van der Waals surface area contributed by atoms with Gasteiger partial charge in [0, 0.05) is 30.4 Å². The van der Waals surface area contributed by atoms with Crippen LogP contribution >= 0.6 is 11.3 Å². The van der Waals surface area contributed by atoms with Gasteiger partial charge in [-0.3, -0.25) is 4.90 Å². The molecule has 1 aliphatic rings. The number of nitrogens with two attached hydrogens (primary N) is 1. The molecule has 1 aromatic rings. The number of piperidine rings is 1. The number of hydrogen-bond donors (Lipinski definition) is 1. The summed E-state index contributed by atoms with van der Waals surface area (Å²) in [6, 6.07) is 1.39. The van der Waals surface area contributed by atoms with Crippen molar-refractivity contribution in [2.24, 2.45) is 5.73 Å². The highest BCUT2D eigenvalue weighted by Crippen LogP contribution is 2.24. The standard InChI is InChI=1S/C13H23N3S/c1-10-4-3-5-11(2)16(10)8-12-9-17-13(15-12)6-7-14/h9-11H,3-8,14H2,1-2H3/t10-,11+. The van der Waals surface area contributed by atoms with Gasteiger partial charge in [0.2, 0.25) is 0 Å². The second-order valence-electron chi connectivity index (χ2n) is 5.07. The molecule has 0 saturated carbocycles. The molecule has 1 fully saturated rings. The predicted molar refractivity (Wildman–Crippen MR) is 73.2 cm³/mol. The minimum atomic E-state index is 0.693. The SMILES string of the molecule is C[C@@H]1CCC[C@H](C)N1Cc1csc(CCN)n1. The van der Waals surface area contributed by atoms with Crippen LogP contribution in [0.4, 0.5) is 0 Å². The second kappa shape index (κ2) is 5.94. The van der Waals surface area contributed by atoms with Crippen molar-refractivity contribution in [2.45, 2.75) is 58.2 Å². The fourth-order valence-corrected chi connectivity index (χ4v) is 3.44. The summed E-state index contributed by atoms with van der Waals surface area (Å²) in [5.74, 6) is 0. The Morgan fingerprint density at radius 2 is 2.12 bits per heavy atom. The molecule has 1 saturated heterocycles. The molecular weight excluding hydrogens is 230 g/mol. The van der Waals surface area contributed by atoms with E-state index >= 15 is 0 Å². The molecule has 2 N–H and O–H groups in total. The lowest BCUT2D eigenvalue weighted by Crippen LogP contribution is -2.43. The van der Waals surface area contributed by atoms with Crippen LogP contribution in [0.15, 0.2) is 5.38 Å². The van der Waals surface area contributed by atoms with Crippen LogP contribution in [0, 0.1) is 0 Å². The molecule has 0 unspecified atom stereocenters. The van der Waals surface area contributed by atoms with Gasteiger partial charge in [-0.2, -0.15) is 0 Å². The largest absolute Gasteiger partial charge is 0.330 e. The van der Waals surface area contributed by atoms with Crippen LogP contribution in [-0.2, 0) is 13.0 Å². The zero-order valence-electron chi connectivity index (χ0n) is 10.9. The number of likely N-dealkylation sites (tertiary alicyclic amines) is 1. The van der Waals surface area contributed by atoms with E-state index in [0.29, 0.717) is 18.6 Å². The number of thiazole rings is 1. The Labute approximate surface area is 108 Å². The number of rotatable bonds is 4. The highest BCUT2D eigenvalue weighted by Gasteiger charge is 2.25. The molecule has 0 amide bonds. The molecule has 0 bridgehead atoms. The Hall–Kier alpha value is -0.450. The van der Waals surface area contributed by atoms with E-state index in [0.717, 1.165) is 13.0 Å². The smallest absolute Gasteiger partial charge is 0.0941 e. The summed E-state index contributed by atoms with van der Waals surface area (Å²) >= 11 is 1.75. The van der Waals surface area contributed by atoms with Crippen LogP contribution < -0.4 is 5.73 Å². The van der Waals surface area contributed by atoms with Crippen molar-refractivity contribution in [3.8, 4) is 0 Å². The molecular formula is C13H23N3S. The van der Waals surface area contributed by atoms with E-state index in [-0.39, 0.29) is 0 Å². The van der Waals surface area contributed by atoms with Gasteiger partial charge in [0.05, 0.1) is 10.7 Å². The summed E-state index contributed by atoms with van der Waals surface area (Å²) in [4.78, 5) is 7.25. The van der Waals surface area contributed by atoms with Crippen LogP contribution in [0.25, 0.3) is 0 Å². The van der Waals surface area contributed by atoms with Gasteiger partial charge in [0.1, 0.15) is 0 Å². The fraction of sp³-hybridized carbons (Fsp3) is 0.769. The molecule has 96 valence electrons. The highest BCUT2D eigenvalue weighted by molar-refractivity contribution is 7.09. The molecule has 0 spiro atoms. The molecule has 2 atom stereocenters. The average Bonchev–Trinajstić information content (AvgIpc) is 2.72. The van der Waals surface area contributed by atoms with Crippen molar-refractivity contribution in [1.29, 1.82) is 0 Å². The van der Waals surface area contributed by atoms with Crippen molar-refractivity contribution in [1.82, 2.24) is 9.88 Å². The van der Waals surface area contributed by atoms with Gasteiger partial charge in [-0.15, -0.1) is 11.3 Å². The lowest BCUT2D eigenvalue weighted by molar-refractivity contribution is 0.0940. The van der Waals surface area contributed by atoms with Crippen molar-refractivity contribution in [3.05, 3.63) is 16.1 Å². The van der Waals surface area contributed by atoms with Crippen LogP contribution in [0.2, 0.25) is 0 Å². The lowest BCUT2D eigenvalue weighted by atomic mass is 9.97. The molecule has 0 aromatic carbocycles. The Morgan fingerprint density at radius 3 is 2.76 bits per heavy atom. The molecule has 0 radical (unpaired) electrons. The van der Waals surface area contributed by atoms with Gasteiger partial charge in [-0.05, 0) is 33.2 Å².